The molecule has 6 nitrogen and oxygen atoms in total. The van der Waals surface area contributed by atoms with Crippen molar-refractivity contribution in [3.63, 3.8) is 0 Å². The predicted molar refractivity (Wildman–Crippen MR) is 76.3 cm³/mol. The van der Waals surface area contributed by atoms with Gasteiger partial charge in [-0.2, -0.15) is 5.10 Å². The summed E-state index contributed by atoms with van der Waals surface area (Å²) in [5, 5.41) is 8.71. The van der Waals surface area contributed by atoms with E-state index in [1.807, 2.05) is 31.0 Å². The van der Waals surface area contributed by atoms with E-state index in [1.165, 1.54) is 0 Å². The molecule has 3 heterocycles. The number of fused-ring (bicyclic) bond motifs is 1. The third-order valence-corrected chi connectivity index (χ3v) is 3.95. The van der Waals surface area contributed by atoms with E-state index >= 15 is 0 Å². The van der Waals surface area contributed by atoms with Crippen molar-refractivity contribution in [1.29, 1.82) is 0 Å². The van der Waals surface area contributed by atoms with Gasteiger partial charge in [-0.1, -0.05) is 0 Å². The Bertz CT molecular complexity index is 630. The van der Waals surface area contributed by atoms with Crippen LogP contribution in [0.1, 0.15) is 12.1 Å². The van der Waals surface area contributed by atoms with E-state index in [2.05, 4.69) is 15.4 Å². The minimum absolute atomic E-state index is 0.0775. The highest BCUT2D eigenvalue weighted by Gasteiger charge is 2.24. The highest BCUT2D eigenvalue weighted by Crippen LogP contribution is 2.15. The Hall–Kier alpha value is -1.95. The molecule has 3 rings (SSSR count). The molecule has 0 aromatic carbocycles. The third-order valence-electron chi connectivity index (χ3n) is 3.95. The van der Waals surface area contributed by atoms with Crippen molar-refractivity contribution in [3.05, 3.63) is 24.0 Å². The number of rotatable bonds is 3. The molecule has 0 aliphatic carbocycles. The number of nitrogens with one attached hydrogen (secondary N) is 1. The van der Waals surface area contributed by atoms with E-state index in [9.17, 15) is 4.79 Å². The number of amides is 1. The Balaban J connectivity index is 1.80. The van der Waals surface area contributed by atoms with Crippen LogP contribution in [-0.4, -0.2) is 51.8 Å². The van der Waals surface area contributed by atoms with Crippen molar-refractivity contribution in [1.82, 2.24) is 25.0 Å². The first-order valence-corrected chi connectivity index (χ1v) is 6.91. The first-order valence-electron chi connectivity index (χ1n) is 6.91. The maximum Gasteiger partial charge on any atom is 0.244 e. The molecule has 1 aliphatic heterocycles. The Morgan fingerprint density at radius 2 is 2.45 bits per heavy atom. The third kappa shape index (κ3) is 2.27. The molecule has 20 heavy (non-hydrogen) atoms. The zero-order chi connectivity index (χ0) is 14.1. The summed E-state index contributed by atoms with van der Waals surface area (Å²) < 4.78 is 1.70. The average molecular weight is 273 g/mol. The van der Waals surface area contributed by atoms with Gasteiger partial charge in [-0.3, -0.25) is 4.79 Å². The van der Waals surface area contributed by atoms with Crippen molar-refractivity contribution >= 4 is 16.9 Å². The van der Waals surface area contributed by atoms with Gasteiger partial charge >= 0.3 is 0 Å². The highest BCUT2D eigenvalue weighted by molar-refractivity contribution is 5.81. The smallest absolute Gasteiger partial charge is 0.244 e. The number of likely N-dealkylation sites (N-methyl/N-ethyl adjacent to an activating group) is 1. The van der Waals surface area contributed by atoms with E-state index in [4.69, 9.17) is 0 Å². The lowest BCUT2D eigenvalue weighted by Gasteiger charge is -2.23. The summed E-state index contributed by atoms with van der Waals surface area (Å²) in [7, 11) is 1.87. The molecule has 0 saturated carbocycles. The van der Waals surface area contributed by atoms with Gasteiger partial charge in [-0.05, 0) is 32.0 Å². The minimum atomic E-state index is 0.0775. The topological polar surface area (TPSA) is 63.1 Å². The van der Waals surface area contributed by atoms with Crippen LogP contribution in [0.5, 0.6) is 0 Å². The molecule has 0 spiro atoms. The molecule has 1 amide bonds. The maximum absolute atomic E-state index is 12.4. The Kier molecular flexibility index (Phi) is 3.40. The molecule has 1 N–H and O–H groups in total. The fraction of sp³-hybridized carbons (Fsp3) is 0.500. The van der Waals surface area contributed by atoms with Crippen LogP contribution in [0.15, 0.2) is 18.3 Å². The number of aryl methyl sites for hydroxylation is 1. The molecule has 1 fully saturated rings. The van der Waals surface area contributed by atoms with Crippen LogP contribution in [0.4, 0.5) is 0 Å². The summed E-state index contributed by atoms with van der Waals surface area (Å²) in [5.41, 5.74) is 1.68. The number of aromatic nitrogens is 3. The van der Waals surface area contributed by atoms with Gasteiger partial charge in [-0.15, -0.1) is 0 Å². The van der Waals surface area contributed by atoms with Gasteiger partial charge in [0.05, 0.1) is 5.69 Å². The standard InChI is InChI=1S/C14H19N5O/c1-10-12-4-3-6-16-14(12)19(17-10)9-13(20)18(2)11-5-7-15-8-11/h3-4,6,11,15H,5,7-9H2,1-2H3. The van der Waals surface area contributed by atoms with Gasteiger partial charge < -0.3 is 10.2 Å². The Morgan fingerprint density at radius 3 is 3.20 bits per heavy atom. The zero-order valence-electron chi connectivity index (χ0n) is 11.8. The number of nitrogens with zero attached hydrogens (tertiary/aromatic N) is 4. The fourth-order valence-electron chi connectivity index (χ4n) is 2.69. The minimum Gasteiger partial charge on any atom is -0.340 e. The fourth-order valence-corrected chi connectivity index (χ4v) is 2.69. The molecule has 1 saturated heterocycles. The number of carbonyl (C=O) groups excluding carboxylic acids is 1. The lowest BCUT2D eigenvalue weighted by atomic mass is 10.2. The van der Waals surface area contributed by atoms with E-state index < -0.39 is 0 Å². The summed E-state index contributed by atoms with van der Waals surface area (Å²) in [6.45, 7) is 4.04. The van der Waals surface area contributed by atoms with Gasteiger partial charge in [0.15, 0.2) is 5.65 Å². The lowest BCUT2D eigenvalue weighted by molar-refractivity contribution is -0.132. The summed E-state index contributed by atoms with van der Waals surface area (Å²) in [5.74, 6) is 0.0775. The molecule has 1 aliphatic rings. The van der Waals surface area contributed by atoms with Crippen molar-refractivity contribution in [3.8, 4) is 0 Å². The maximum atomic E-state index is 12.4. The molecule has 6 heteroatoms. The first-order chi connectivity index (χ1) is 9.66. The second-order valence-corrected chi connectivity index (χ2v) is 5.27. The van der Waals surface area contributed by atoms with Crippen LogP contribution in [0.25, 0.3) is 11.0 Å². The molecule has 0 bridgehead atoms. The normalized spacial score (nSPS) is 18.6. The van der Waals surface area contributed by atoms with Crippen LogP contribution < -0.4 is 5.32 Å². The van der Waals surface area contributed by atoms with Crippen molar-refractivity contribution in [2.45, 2.75) is 25.9 Å². The molecule has 1 atom stereocenters. The second kappa shape index (κ2) is 5.20. The van der Waals surface area contributed by atoms with Crippen LogP contribution in [0.2, 0.25) is 0 Å². The molecule has 1 unspecified atom stereocenters. The Labute approximate surface area is 117 Å². The van der Waals surface area contributed by atoms with Gasteiger partial charge in [0.1, 0.15) is 6.54 Å². The van der Waals surface area contributed by atoms with Crippen LogP contribution in [0.3, 0.4) is 0 Å². The molecule has 0 radical (unpaired) electrons. The van der Waals surface area contributed by atoms with Gasteiger partial charge in [0.25, 0.3) is 0 Å². The highest BCUT2D eigenvalue weighted by atomic mass is 16.2. The quantitative estimate of drug-likeness (QED) is 0.887. The van der Waals surface area contributed by atoms with Crippen LogP contribution in [-0.2, 0) is 11.3 Å². The zero-order valence-corrected chi connectivity index (χ0v) is 11.8. The largest absolute Gasteiger partial charge is 0.340 e. The Morgan fingerprint density at radius 1 is 1.60 bits per heavy atom. The van der Waals surface area contributed by atoms with E-state index in [0.717, 1.165) is 36.2 Å². The van der Waals surface area contributed by atoms with Gasteiger partial charge in [0, 0.05) is 31.2 Å². The molecular weight excluding hydrogens is 254 g/mol. The summed E-state index contributed by atoms with van der Waals surface area (Å²) in [6, 6.07) is 4.16. The summed E-state index contributed by atoms with van der Waals surface area (Å²) in [6.07, 6.45) is 2.74. The van der Waals surface area contributed by atoms with Crippen LogP contribution >= 0.6 is 0 Å². The van der Waals surface area contributed by atoms with Crippen molar-refractivity contribution in [2.75, 3.05) is 20.1 Å². The van der Waals surface area contributed by atoms with Gasteiger partial charge in [0.2, 0.25) is 5.91 Å². The predicted octanol–water partition coefficient (Wildman–Crippen LogP) is 0.560. The molecular formula is C14H19N5O. The lowest BCUT2D eigenvalue weighted by Crippen LogP contribution is -2.40. The molecule has 106 valence electrons. The van der Waals surface area contributed by atoms with E-state index in [1.54, 1.807) is 10.9 Å². The first kappa shape index (κ1) is 13.1. The second-order valence-electron chi connectivity index (χ2n) is 5.27. The number of pyridine rings is 1. The molecule has 2 aromatic rings. The number of hydrogen-bond acceptors (Lipinski definition) is 4. The SMILES string of the molecule is Cc1nn(CC(=O)N(C)C2CCNC2)c2ncccc12. The monoisotopic (exact) mass is 273 g/mol. The summed E-state index contributed by atoms with van der Waals surface area (Å²) in [4.78, 5) is 18.5. The van der Waals surface area contributed by atoms with Crippen LogP contribution in [0, 0.1) is 6.92 Å². The van der Waals surface area contributed by atoms with Gasteiger partial charge in [-0.25, -0.2) is 9.67 Å². The van der Waals surface area contributed by atoms with Crippen molar-refractivity contribution in [2.24, 2.45) is 0 Å². The summed E-state index contributed by atoms with van der Waals surface area (Å²) >= 11 is 0. The van der Waals surface area contributed by atoms with E-state index in [-0.39, 0.29) is 12.5 Å². The average Bonchev–Trinajstić information content (AvgIpc) is 3.08. The van der Waals surface area contributed by atoms with E-state index in [0.29, 0.717) is 6.04 Å². The van der Waals surface area contributed by atoms with Crippen molar-refractivity contribution < 1.29 is 4.79 Å². The number of hydrogen-bond donors (Lipinski definition) is 1. The number of carbonyl (C=O) groups is 1. The molecule has 2 aromatic heterocycles.